The summed E-state index contributed by atoms with van der Waals surface area (Å²) in [5.74, 6) is 0.887. The number of ether oxygens (including phenoxy) is 1. The van der Waals surface area contributed by atoms with E-state index in [9.17, 15) is 9.59 Å². The summed E-state index contributed by atoms with van der Waals surface area (Å²) in [5, 5.41) is 12.2. The molecule has 0 bridgehead atoms. The van der Waals surface area contributed by atoms with Gasteiger partial charge in [0, 0.05) is 13.0 Å². The molecule has 2 aliphatic rings. The molecule has 38 heavy (non-hydrogen) atoms. The summed E-state index contributed by atoms with van der Waals surface area (Å²) in [6.07, 6.45) is 11.5. The van der Waals surface area contributed by atoms with E-state index in [0.717, 1.165) is 61.1 Å². The first kappa shape index (κ1) is 28.0. The fourth-order valence-corrected chi connectivity index (χ4v) is 5.90. The Morgan fingerprint density at radius 2 is 1.63 bits per heavy atom. The maximum Gasteiger partial charge on any atom is 0.322 e. The van der Waals surface area contributed by atoms with Crippen LogP contribution in [0.5, 0.6) is 5.75 Å². The zero-order valence-electron chi connectivity index (χ0n) is 23.1. The van der Waals surface area contributed by atoms with Crippen LogP contribution in [-0.4, -0.2) is 36.3 Å². The molecule has 2 aromatic carbocycles. The Morgan fingerprint density at radius 3 is 2.34 bits per heavy atom. The molecule has 206 valence electrons. The first-order valence-corrected chi connectivity index (χ1v) is 14.6. The molecule has 6 nitrogen and oxygen atoms in total. The van der Waals surface area contributed by atoms with Gasteiger partial charge >= 0.3 is 12.0 Å². The van der Waals surface area contributed by atoms with Gasteiger partial charge in [0.1, 0.15) is 11.9 Å². The highest BCUT2D eigenvalue weighted by atomic mass is 16.5. The Kier molecular flexibility index (Phi) is 10.1. The molecule has 0 aromatic heterocycles. The van der Waals surface area contributed by atoms with Gasteiger partial charge in [-0.05, 0) is 79.7 Å². The van der Waals surface area contributed by atoms with Crippen molar-refractivity contribution in [2.24, 2.45) is 5.92 Å². The van der Waals surface area contributed by atoms with Gasteiger partial charge in [-0.2, -0.15) is 0 Å². The van der Waals surface area contributed by atoms with Gasteiger partial charge < -0.3 is 15.2 Å². The lowest BCUT2D eigenvalue weighted by molar-refractivity contribution is -0.138. The van der Waals surface area contributed by atoms with Crippen LogP contribution in [0.15, 0.2) is 42.5 Å². The van der Waals surface area contributed by atoms with Crippen LogP contribution in [0.4, 0.5) is 10.5 Å². The number of anilines is 1. The second-order valence-electron chi connectivity index (χ2n) is 11.2. The third-order valence-electron chi connectivity index (χ3n) is 8.10. The number of fused-ring (bicyclic) bond motifs is 1. The Hall–Kier alpha value is -3.02. The number of hydrogen-bond donors (Lipinski definition) is 2. The van der Waals surface area contributed by atoms with E-state index in [1.165, 1.54) is 31.2 Å². The van der Waals surface area contributed by atoms with Gasteiger partial charge in [0.25, 0.3) is 0 Å². The van der Waals surface area contributed by atoms with E-state index in [1.54, 1.807) is 0 Å². The largest absolute Gasteiger partial charge is 0.487 e. The summed E-state index contributed by atoms with van der Waals surface area (Å²) in [5.41, 5.74) is 4.35. The van der Waals surface area contributed by atoms with Crippen LogP contribution in [0.25, 0.3) is 11.1 Å². The van der Waals surface area contributed by atoms with E-state index in [-0.39, 0.29) is 12.1 Å². The fraction of sp³-hybridized carbons (Fsp3) is 0.562. The summed E-state index contributed by atoms with van der Waals surface area (Å²) >= 11 is 0. The van der Waals surface area contributed by atoms with Crippen molar-refractivity contribution in [3.8, 4) is 16.9 Å². The highest BCUT2D eigenvalue weighted by Crippen LogP contribution is 2.39. The number of amides is 2. The summed E-state index contributed by atoms with van der Waals surface area (Å²) < 4.78 is 6.15. The molecular formula is C32H44N2O4. The first-order chi connectivity index (χ1) is 18.4. The third kappa shape index (κ3) is 7.52. The van der Waals surface area contributed by atoms with E-state index in [4.69, 9.17) is 9.84 Å². The van der Waals surface area contributed by atoms with E-state index in [2.05, 4.69) is 42.6 Å². The quantitative estimate of drug-likeness (QED) is 0.297. The molecule has 1 atom stereocenters. The van der Waals surface area contributed by atoms with Crippen molar-refractivity contribution in [3.05, 3.63) is 48.0 Å². The van der Waals surface area contributed by atoms with Crippen molar-refractivity contribution < 1.29 is 19.4 Å². The number of rotatable bonds is 11. The van der Waals surface area contributed by atoms with Crippen LogP contribution < -0.4 is 15.0 Å². The van der Waals surface area contributed by atoms with Gasteiger partial charge in [-0.15, -0.1) is 0 Å². The lowest BCUT2D eigenvalue weighted by Crippen LogP contribution is -2.47. The molecule has 1 aliphatic carbocycles. The number of carboxylic acids is 1. The molecule has 2 aromatic rings. The van der Waals surface area contributed by atoms with Crippen LogP contribution in [0.3, 0.4) is 0 Å². The minimum Gasteiger partial charge on any atom is -0.487 e. The van der Waals surface area contributed by atoms with Crippen molar-refractivity contribution in [2.45, 2.75) is 96.5 Å². The van der Waals surface area contributed by atoms with E-state index < -0.39 is 5.97 Å². The minimum absolute atomic E-state index is 0.0508. The summed E-state index contributed by atoms with van der Waals surface area (Å²) in [6, 6.07) is 14.8. The molecular weight excluding hydrogens is 476 g/mol. The summed E-state index contributed by atoms with van der Waals surface area (Å²) in [6.45, 7) is 5.47. The molecule has 0 radical (unpaired) electrons. The van der Waals surface area contributed by atoms with Crippen molar-refractivity contribution >= 4 is 17.7 Å². The molecule has 6 heteroatoms. The summed E-state index contributed by atoms with van der Waals surface area (Å²) in [4.78, 5) is 25.8. The maximum absolute atomic E-state index is 13.0. The van der Waals surface area contributed by atoms with Crippen molar-refractivity contribution in [1.82, 2.24) is 5.32 Å². The average Bonchev–Trinajstić information content (AvgIpc) is 2.92. The molecule has 1 fully saturated rings. The van der Waals surface area contributed by atoms with E-state index in [1.807, 2.05) is 24.0 Å². The van der Waals surface area contributed by atoms with E-state index in [0.29, 0.717) is 31.3 Å². The predicted molar refractivity (Wildman–Crippen MR) is 153 cm³/mol. The second kappa shape index (κ2) is 13.7. The fourth-order valence-electron chi connectivity index (χ4n) is 5.90. The highest BCUT2D eigenvalue weighted by Gasteiger charge is 2.28. The van der Waals surface area contributed by atoms with Crippen molar-refractivity contribution in [3.63, 3.8) is 0 Å². The van der Waals surface area contributed by atoms with Crippen LogP contribution in [0.1, 0.15) is 96.0 Å². The lowest BCUT2D eigenvalue weighted by Gasteiger charge is -2.33. The monoisotopic (exact) mass is 520 g/mol. The molecule has 0 spiro atoms. The van der Waals surface area contributed by atoms with Gasteiger partial charge in [-0.25, -0.2) is 4.79 Å². The van der Waals surface area contributed by atoms with Crippen LogP contribution in [-0.2, 0) is 4.79 Å². The smallest absolute Gasteiger partial charge is 0.322 e. The number of hydrogen-bond acceptors (Lipinski definition) is 3. The number of urea groups is 1. The predicted octanol–water partition coefficient (Wildman–Crippen LogP) is 7.76. The Morgan fingerprint density at radius 1 is 0.947 bits per heavy atom. The Balaban J connectivity index is 1.35. The van der Waals surface area contributed by atoms with Crippen molar-refractivity contribution in [2.75, 3.05) is 18.0 Å². The number of aliphatic carboxylic acids is 1. The topological polar surface area (TPSA) is 78.9 Å². The number of carboxylic acid groups (broad SMARTS) is 1. The Labute approximate surface area is 227 Å². The number of carbonyl (C=O) groups is 2. The number of carbonyl (C=O) groups excluding carboxylic acids is 1. The molecule has 1 saturated carbocycles. The maximum atomic E-state index is 13.0. The molecule has 2 N–H and O–H groups in total. The van der Waals surface area contributed by atoms with Gasteiger partial charge in [-0.3, -0.25) is 9.69 Å². The number of nitrogens with zero attached hydrogens (tertiary/aromatic N) is 1. The standard InChI is InChI=1S/C32H44N2O4/c1-3-4-5-6-7-8-19-33-32(37)34-22-23(2)38-30-21-28(17-18-29(30)34)27-15-13-26(14-16-27)25-11-9-24(10-12-25)20-31(35)36/h13-18,21,23-25H,3-12,19-20,22H2,1-2H3,(H,33,37)(H,35,36). The minimum atomic E-state index is -0.682. The highest BCUT2D eigenvalue weighted by molar-refractivity contribution is 5.94. The number of benzene rings is 2. The first-order valence-electron chi connectivity index (χ1n) is 14.6. The normalized spacial score (nSPS) is 20.9. The lowest BCUT2D eigenvalue weighted by atomic mass is 9.77. The second-order valence-corrected chi connectivity index (χ2v) is 11.2. The molecule has 1 aliphatic heterocycles. The molecule has 4 rings (SSSR count). The number of unbranched alkanes of at least 4 members (excludes halogenated alkanes) is 5. The van der Waals surface area contributed by atoms with Gasteiger partial charge in [0.15, 0.2) is 0 Å². The van der Waals surface area contributed by atoms with E-state index >= 15 is 0 Å². The Bertz CT molecular complexity index is 1060. The van der Waals surface area contributed by atoms with Crippen molar-refractivity contribution in [1.29, 1.82) is 0 Å². The summed E-state index contributed by atoms with van der Waals surface area (Å²) in [7, 11) is 0. The zero-order chi connectivity index (χ0) is 26.9. The molecule has 0 saturated heterocycles. The molecule has 1 unspecified atom stereocenters. The van der Waals surface area contributed by atoms with Crippen LogP contribution >= 0.6 is 0 Å². The molecule has 2 amide bonds. The number of nitrogens with one attached hydrogen (secondary N) is 1. The van der Waals surface area contributed by atoms with Crippen LogP contribution in [0.2, 0.25) is 0 Å². The SMILES string of the molecule is CCCCCCCCNC(=O)N1CC(C)Oc2cc(-c3ccc(C4CCC(CC(=O)O)CC4)cc3)ccc21. The molecule has 1 heterocycles. The van der Waals surface area contributed by atoms with Gasteiger partial charge in [-0.1, -0.05) is 69.4 Å². The van der Waals surface area contributed by atoms with Gasteiger partial charge in [0.05, 0.1) is 12.2 Å². The average molecular weight is 521 g/mol. The third-order valence-corrected chi connectivity index (χ3v) is 8.10. The van der Waals surface area contributed by atoms with Crippen LogP contribution in [0, 0.1) is 5.92 Å². The zero-order valence-corrected chi connectivity index (χ0v) is 23.1. The van der Waals surface area contributed by atoms with Gasteiger partial charge in [0.2, 0.25) is 0 Å².